The first-order valence-corrected chi connectivity index (χ1v) is 13.5. The molecule has 0 atom stereocenters. The van der Waals surface area contributed by atoms with Crippen LogP contribution in [-0.2, 0) is 23.6 Å². The molecule has 22 heteroatoms. The molecule has 47 heavy (non-hydrogen) atoms. The van der Waals surface area contributed by atoms with E-state index in [1.807, 2.05) is 0 Å². The van der Waals surface area contributed by atoms with Gasteiger partial charge in [-0.05, 0) is 13.8 Å². The van der Waals surface area contributed by atoms with E-state index in [2.05, 4.69) is 55.8 Å². The third kappa shape index (κ3) is 5.81. The molecule has 0 aliphatic carbocycles. The molecule has 0 bridgehead atoms. The summed E-state index contributed by atoms with van der Waals surface area (Å²) in [6.45, 7) is 3.33. The van der Waals surface area contributed by atoms with Gasteiger partial charge < -0.3 is 25.8 Å². The van der Waals surface area contributed by atoms with Gasteiger partial charge in [0.1, 0.15) is 11.1 Å². The number of hydrogen-bond acceptors (Lipinski definition) is 18. The van der Waals surface area contributed by atoms with Gasteiger partial charge in [-0.2, -0.15) is 44.7 Å². The summed E-state index contributed by atoms with van der Waals surface area (Å²) in [6.07, 6.45) is 2.64. The van der Waals surface area contributed by atoms with Crippen LogP contribution >= 0.6 is 0 Å². The third-order valence-electron chi connectivity index (χ3n) is 6.62. The summed E-state index contributed by atoms with van der Waals surface area (Å²) in [4.78, 5) is 39.4. The Morgan fingerprint density at radius 3 is 1.49 bits per heavy atom. The largest absolute Gasteiger partial charge is 0.465 e. The van der Waals surface area contributed by atoms with Crippen LogP contribution in [0.3, 0.4) is 0 Å². The van der Waals surface area contributed by atoms with Gasteiger partial charge in [0, 0.05) is 28.2 Å². The van der Waals surface area contributed by atoms with Crippen LogP contribution in [0, 0.1) is 13.8 Å². The number of methoxy groups -OCH3 is 2. The molecule has 0 radical (unpaired) electrons. The Kier molecular flexibility index (Phi) is 8.40. The zero-order valence-electron chi connectivity index (χ0n) is 26.6. The van der Waals surface area contributed by atoms with Crippen LogP contribution in [0.15, 0.2) is 32.9 Å². The maximum absolute atomic E-state index is 12.1. The summed E-state index contributed by atoms with van der Waals surface area (Å²) >= 11 is 0. The molecule has 0 fully saturated rings. The Labute approximate surface area is 265 Å². The van der Waals surface area contributed by atoms with Crippen molar-refractivity contribution in [1.82, 2.24) is 54.1 Å². The molecule has 5 rings (SSSR count). The summed E-state index contributed by atoms with van der Waals surface area (Å²) in [7, 11) is 9.17. The van der Waals surface area contributed by atoms with Crippen LogP contribution in [0.25, 0.3) is 11.9 Å². The number of carbonyl (C=O) groups excluding carboxylic acids is 2. The number of aryl methyl sites for hydroxylation is 4. The highest BCUT2D eigenvalue weighted by atomic mass is 16.5. The molecule has 0 amide bonds. The van der Waals surface area contributed by atoms with Crippen LogP contribution in [0.5, 0.6) is 0 Å². The molecule has 0 aliphatic rings. The molecule has 0 unspecified atom stereocenters. The molecule has 5 aromatic rings. The van der Waals surface area contributed by atoms with Crippen molar-refractivity contribution in [2.75, 3.05) is 44.7 Å². The van der Waals surface area contributed by atoms with Crippen LogP contribution < -0.4 is 16.4 Å². The second kappa shape index (κ2) is 12.4. The molecule has 5 aromatic heterocycles. The minimum Gasteiger partial charge on any atom is -0.465 e. The fourth-order valence-corrected chi connectivity index (χ4v) is 4.16. The molecule has 0 saturated heterocycles. The Balaban J connectivity index is 1.55. The lowest BCUT2D eigenvalue weighted by molar-refractivity contribution is 0.0592. The van der Waals surface area contributed by atoms with Crippen molar-refractivity contribution < 1.29 is 19.1 Å². The minimum absolute atomic E-state index is 0.0184. The SMILES string of the molecule is COC(=O)c1cnn(C)c1/N=N/c1c(C)nn(-c2nc(N(C)C)nc(-n3nc(C)c(/N=N/c4c(C(=O)OC)cnn4C)c3N)n2)c1N. The topological polar surface area (TPSA) is 267 Å². The highest BCUT2D eigenvalue weighted by Crippen LogP contribution is 2.33. The molecule has 0 saturated carbocycles. The molecule has 5 heterocycles. The van der Waals surface area contributed by atoms with Crippen molar-refractivity contribution in [1.29, 1.82) is 0 Å². The van der Waals surface area contributed by atoms with E-state index < -0.39 is 11.9 Å². The Morgan fingerprint density at radius 2 is 1.13 bits per heavy atom. The van der Waals surface area contributed by atoms with E-state index in [1.165, 1.54) is 45.3 Å². The van der Waals surface area contributed by atoms with Crippen molar-refractivity contribution >= 4 is 52.5 Å². The Morgan fingerprint density at radius 1 is 0.723 bits per heavy atom. The van der Waals surface area contributed by atoms with E-state index in [0.717, 1.165) is 0 Å². The molecule has 4 N–H and O–H groups in total. The first kappa shape index (κ1) is 31.8. The lowest BCUT2D eigenvalue weighted by Gasteiger charge is -2.13. The normalized spacial score (nSPS) is 11.6. The average molecular weight is 647 g/mol. The van der Waals surface area contributed by atoms with Crippen LogP contribution in [-0.4, -0.2) is 94.3 Å². The van der Waals surface area contributed by atoms with Gasteiger partial charge in [-0.15, -0.1) is 20.5 Å². The fraction of sp³-hybridized carbons (Fsp3) is 0.320. The van der Waals surface area contributed by atoms with Gasteiger partial charge in [-0.3, -0.25) is 0 Å². The Bertz CT molecular complexity index is 1920. The fourth-order valence-electron chi connectivity index (χ4n) is 4.16. The van der Waals surface area contributed by atoms with E-state index in [9.17, 15) is 9.59 Å². The number of nitrogen functional groups attached to an aromatic ring is 2. The number of rotatable bonds is 9. The first-order valence-electron chi connectivity index (χ1n) is 13.5. The number of anilines is 3. The standard InChI is InChI=1S/C25H30N18O4/c1-11-15(33-35-19-13(21(44)46-7)9-28-40(19)5)17(26)42(37-11)24-30-23(39(3)4)31-25(32-24)43-18(27)16(12(2)38-43)34-36-20-14(22(45)47-8)10-29-41(20)6/h9-10H,26-27H2,1-8H3/b35-33+,36-34+. The summed E-state index contributed by atoms with van der Waals surface area (Å²) < 4.78 is 14.8. The second-order valence-electron chi connectivity index (χ2n) is 9.99. The second-order valence-corrected chi connectivity index (χ2v) is 9.99. The molecule has 0 aromatic carbocycles. The van der Waals surface area contributed by atoms with E-state index >= 15 is 0 Å². The van der Waals surface area contributed by atoms with Gasteiger partial charge in [0.2, 0.25) is 5.95 Å². The van der Waals surface area contributed by atoms with Crippen molar-refractivity contribution in [2.24, 2.45) is 34.6 Å². The maximum atomic E-state index is 12.1. The van der Waals surface area contributed by atoms with Gasteiger partial charge in [0.15, 0.2) is 34.6 Å². The lowest BCUT2D eigenvalue weighted by atomic mass is 10.3. The summed E-state index contributed by atoms with van der Waals surface area (Å²) in [5.41, 5.74) is 14.3. The molecule has 244 valence electrons. The van der Waals surface area contributed by atoms with Gasteiger partial charge >= 0.3 is 11.9 Å². The van der Waals surface area contributed by atoms with Crippen molar-refractivity contribution in [3.05, 3.63) is 34.9 Å². The third-order valence-corrected chi connectivity index (χ3v) is 6.62. The van der Waals surface area contributed by atoms with Gasteiger partial charge in [-0.1, -0.05) is 0 Å². The zero-order chi connectivity index (χ0) is 34.2. The molecular formula is C25H30N18O4. The monoisotopic (exact) mass is 646 g/mol. The molecule has 0 aliphatic heterocycles. The van der Waals surface area contributed by atoms with Crippen LogP contribution in [0.2, 0.25) is 0 Å². The number of aromatic nitrogens is 11. The quantitative estimate of drug-likeness (QED) is 0.171. The van der Waals surface area contributed by atoms with Gasteiger partial charge in [-0.25, -0.2) is 19.0 Å². The van der Waals surface area contributed by atoms with Crippen LogP contribution in [0.4, 0.5) is 40.6 Å². The van der Waals surface area contributed by atoms with E-state index in [1.54, 1.807) is 46.9 Å². The smallest absolute Gasteiger partial charge is 0.343 e. The summed E-state index contributed by atoms with van der Waals surface area (Å²) in [5, 5.41) is 33.9. The molecular weight excluding hydrogens is 616 g/mol. The number of ether oxygens (including phenoxy) is 2. The van der Waals surface area contributed by atoms with Crippen molar-refractivity contribution in [3.8, 4) is 11.9 Å². The van der Waals surface area contributed by atoms with Crippen molar-refractivity contribution in [3.63, 3.8) is 0 Å². The molecule has 0 spiro atoms. The lowest BCUT2D eigenvalue weighted by Crippen LogP contribution is -2.19. The number of carbonyl (C=O) groups is 2. The Hall–Kier alpha value is -6.61. The summed E-state index contributed by atoms with van der Waals surface area (Å²) in [6, 6.07) is 0. The van der Waals surface area contributed by atoms with Gasteiger partial charge in [0.25, 0.3) is 11.9 Å². The van der Waals surface area contributed by atoms with Crippen molar-refractivity contribution in [2.45, 2.75) is 13.8 Å². The van der Waals surface area contributed by atoms with E-state index in [0.29, 0.717) is 11.4 Å². The predicted molar refractivity (Wildman–Crippen MR) is 164 cm³/mol. The molecule has 22 nitrogen and oxygen atoms in total. The summed E-state index contributed by atoms with van der Waals surface area (Å²) in [5.74, 6) is -0.574. The average Bonchev–Trinajstić information content (AvgIpc) is 3.77. The number of nitrogens with two attached hydrogens (primary N) is 2. The number of esters is 2. The van der Waals surface area contributed by atoms with E-state index in [-0.39, 0.29) is 63.6 Å². The zero-order valence-corrected chi connectivity index (χ0v) is 26.6. The minimum atomic E-state index is -0.623. The van der Waals surface area contributed by atoms with Gasteiger partial charge in [0.05, 0.1) is 38.0 Å². The highest BCUT2D eigenvalue weighted by Gasteiger charge is 2.23. The number of hydrogen-bond donors (Lipinski definition) is 2. The predicted octanol–water partition coefficient (Wildman–Crippen LogP) is 1.96. The highest BCUT2D eigenvalue weighted by molar-refractivity contribution is 5.94. The maximum Gasteiger partial charge on any atom is 0.343 e. The van der Waals surface area contributed by atoms with E-state index in [4.69, 9.17) is 20.9 Å². The van der Waals surface area contributed by atoms with Crippen LogP contribution in [0.1, 0.15) is 32.1 Å². The number of nitrogens with zero attached hydrogens (tertiary/aromatic N) is 16. The number of azo groups is 2. The first-order chi connectivity index (χ1) is 22.4.